The summed E-state index contributed by atoms with van der Waals surface area (Å²) in [5, 5.41) is 4.29. The standard InChI is InChI=1S/C25H22F2N6O/c1-24(2,3)14-12-29-32(13-14)15-10-16(26)19(17(27)11-15)20-21(18-6-4-5-9-28-18)33-23(30-20)31-22(34)25(33)7-8-25/h4-6,9-13,21H,7-8H2,1-3H3. The van der Waals surface area contributed by atoms with Crippen LogP contribution in [0.2, 0.25) is 0 Å². The molecule has 1 aromatic carbocycles. The van der Waals surface area contributed by atoms with E-state index in [1.807, 2.05) is 20.8 Å². The third-order valence-electron chi connectivity index (χ3n) is 6.70. The van der Waals surface area contributed by atoms with Crippen LogP contribution in [0.15, 0.2) is 58.9 Å². The number of fused-ring (bicyclic) bond motifs is 2. The van der Waals surface area contributed by atoms with E-state index in [0.29, 0.717) is 18.5 Å². The lowest BCUT2D eigenvalue weighted by Crippen LogP contribution is -2.42. The number of benzene rings is 1. The number of aromatic nitrogens is 3. The minimum Gasteiger partial charge on any atom is -0.312 e. The van der Waals surface area contributed by atoms with Crippen molar-refractivity contribution in [2.75, 3.05) is 0 Å². The van der Waals surface area contributed by atoms with E-state index in [-0.39, 0.29) is 34.2 Å². The van der Waals surface area contributed by atoms with Gasteiger partial charge in [0.05, 0.1) is 28.9 Å². The molecule has 1 amide bonds. The maximum atomic E-state index is 15.5. The third-order valence-corrected chi connectivity index (χ3v) is 6.70. The summed E-state index contributed by atoms with van der Waals surface area (Å²) >= 11 is 0. The molecule has 172 valence electrons. The number of amides is 1. The number of nitrogens with zero attached hydrogens (tertiary/aromatic N) is 6. The maximum absolute atomic E-state index is 15.5. The Morgan fingerprint density at radius 2 is 1.82 bits per heavy atom. The molecule has 1 atom stereocenters. The van der Waals surface area contributed by atoms with Gasteiger partial charge in [-0.25, -0.2) is 18.5 Å². The summed E-state index contributed by atoms with van der Waals surface area (Å²) in [5.74, 6) is -1.59. The van der Waals surface area contributed by atoms with Gasteiger partial charge in [-0.15, -0.1) is 0 Å². The maximum Gasteiger partial charge on any atom is 0.274 e. The number of hydrogen-bond acceptors (Lipinski definition) is 5. The lowest BCUT2D eigenvalue weighted by atomic mass is 9.90. The van der Waals surface area contributed by atoms with Gasteiger partial charge in [-0.05, 0) is 36.0 Å². The highest BCUT2D eigenvalue weighted by molar-refractivity contribution is 6.21. The van der Waals surface area contributed by atoms with Crippen molar-refractivity contribution >= 4 is 17.6 Å². The van der Waals surface area contributed by atoms with E-state index in [1.165, 1.54) is 16.8 Å². The van der Waals surface area contributed by atoms with Crippen molar-refractivity contribution in [3.05, 3.63) is 77.4 Å². The molecule has 2 aliphatic heterocycles. The molecule has 1 saturated carbocycles. The average Bonchev–Trinajstić information content (AvgIpc) is 3.15. The zero-order chi connectivity index (χ0) is 23.8. The molecule has 7 nitrogen and oxygen atoms in total. The second kappa shape index (κ2) is 6.88. The number of hydrogen-bond donors (Lipinski definition) is 0. The van der Waals surface area contributed by atoms with Gasteiger partial charge in [-0.2, -0.15) is 10.1 Å². The molecule has 1 spiro atoms. The van der Waals surface area contributed by atoms with Crippen molar-refractivity contribution < 1.29 is 13.6 Å². The van der Waals surface area contributed by atoms with E-state index < -0.39 is 23.2 Å². The van der Waals surface area contributed by atoms with Gasteiger partial charge >= 0.3 is 0 Å². The van der Waals surface area contributed by atoms with E-state index in [2.05, 4.69) is 20.1 Å². The SMILES string of the molecule is CC(C)(C)c1cnn(-c2cc(F)c(C3=NC4=NC(=O)C5(CC5)N4C3c3ccccn3)c(F)c2)c1. The van der Waals surface area contributed by atoms with Gasteiger partial charge in [-0.1, -0.05) is 26.8 Å². The van der Waals surface area contributed by atoms with Crippen molar-refractivity contribution in [3.63, 3.8) is 0 Å². The van der Waals surface area contributed by atoms with Crippen molar-refractivity contribution in [1.82, 2.24) is 19.7 Å². The topological polar surface area (TPSA) is 75.7 Å². The monoisotopic (exact) mass is 460 g/mol. The Morgan fingerprint density at radius 3 is 2.41 bits per heavy atom. The lowest BCUT2D eigenvalue weighted by molar-refractivity contribution is -0.121. The van der Waals surface area contributed by atoms with Gasteiger partial charge in [0.15, 0.2) is 0 Å². The summed E-state index contributed by atoms with van der Waals surface area (Å²) in [4.78, 5) is 27.3. The van der Waals surface area contributed by atoms with Gasteiger partial charge in [0.25, 0.3) is 5.91 Å². The van der Waals surface area contributed by atoms with Crippen LogP contribution in [0.25, 0.3) is 5.69 Å². The molecule has 0 saturated heterocycles. The van der Waals surface area contributed by atoms with Crippen LogP contribution >= 0.6 is 0 Å². The van der Waals surface area contributed by atoms with Crippen molar-refractivity contribution in [3.8, 4) is 5.69 Å². The number of aliphatic imine (C=N–C) groups is 2. The van der Waals surface area contributed by atoms with Gasteiger partial charge in [-0.3, -0.25) is 9.78 Å². The Balaban J connectivity index is 1.46. The number of guanidine groups is 1. The molecule has 3 aliphatic rings. The Morgan fingerprint density at radius 1 is 1.09 bits per heavy atom. The van der Waals surface area contributed by atoms with Crippen LogP contribution in [-0.4, -0.2) is 42.8 Å². The second-order valence-corrected chi connectivity index (χ2v) is 9.98. The Bertz CT molecular complexity index is 1380. The van der Waals surface area contributed by atoms with Crippen LogP contribution in [0.3, 0.4) is 0 Å². The van der Waals surface area contributed by atoms with Crippen molar-refractivity contribution in [1.29, 1.82) is 0 Å². The highest BCUT2D eigenvalue weighted by Crippen LogP contribution is 2.53. The molecule has 1 fully saturated rings. The van der Waals surface area contributed by atoms with Crippen LogP contribution in [-0.2, 0) is 10.2 Å². The fourth-order valence-corrected chi connectivity index (χ4v) is 4.64. The first kappa shape index (κ1) is 20.8. The van der Waals surface area contributed by atoms with Crippen molar-refractivity contribution in [2.45, 2.75) is 50.6 Å². The first-order valence-corrected chi connectivity index (χ1v) is 11.2. The number of carbonyl (C=O) groups excluding carboxylic acids is 1. The Labute approximate surface area is 194 Å². The highest BCUT2D eigenvalue weighted by atomic mass is 19.1. The fourth-order valence-electron chi connectivity index (χ4n) is 4.64. The summed E-state index contributed by atoms with van der Waals surface area (Å²) < 4.78 is 32.5. The second-order valence-electron chi connectivity index (χ2n) is 9.98. The van der Waals surface area contributed by atoms with Gasteiger partial charge in [0.2, 0.25) is 5.96 Å². The molecule has 3 aromatic rings. The molecule has 1 aliphatic carbocycles. The molecule has 0 bridgehead atoms. The predicted molar refractivity (Wildman–Crippen MR) is 122 cm³/mol. The lowest BCUT2D eigenvalue weighted by Gasteiger charge is -2.29. The average molecular weight is 460 g/mol. The van der Waals surface area contributed by atoms with E-state index in [4.69, 9.17) is 0 Å². The Hall–Kier alpha value is -3.75. The summed E-state index contributed by atoms with van der Waals surface area (Å²) in [6.45, 7) is 6.13. The molecule has 1 unspecified atom stereocenters. The van der Waals surface area contributed by atoms with Crippen LogP contribution in [0.5, 0.6) is 0 Å². The largest absolute Gasteiger partial charge is 0.312 e. The quantitative estimate of drug-likeness (QED) is 0.589. The number of carbonyl (C=O) groups is 1. The molecule has 0 radical (unpaired) electrons. The summed E-state index contributed by atoms with van der Waals surface area (Å²) in [5.41, 5.74) is 0.759. The van der Waals surface area contributed by atoms with Crippen LogP contribution < -0.4 is 0 Å². The predicted octanol–water partition coefficient (Wildman–Crippen LogP) is 4.12. The minimum absolute atomic E-state index is 0.146. The fraction of sp³-hybridized carbons (Fsp3) is 0.320. The molecule has 6 rings (SSSR count). The zero-order valence-electron chi connectivity index (χ0n) is 19.0. The normalized spacial score (nSPS) is 20.6. The van der Waals surface area contributed by atoms with Crippen LogP contribution in [0.4, 0.5) is 8.78 Å². The molecule has 4 heterocycles. The highest BCUT2D eigenvalue weighted by Gasteiger charge is 2.64. The summed E-state index contributed by atoms with van der Waals surface area (Å²) in [6, 6.07) is 7.12. The number of pyridine rings is 1. The van der Waals surface area contributed by atoms with E-state index in [0.717, 1.165) is 5.56 Å². The third kappa shape index (κ3) is 2.96. The number of halogens is 2. The van der Waals surface area contributed by atoms with Gasteiger partial charge in [0.1, 0.15) is 23.2 Å². The zero-order valence-corrected chi connectivity index (χ0v) is 19.0. The molecule has 2 aromatic heterocycles. The molecule has 0 N–H and O–H groups in total. The van der Waals surface area contributed by atoms with E-state index in [1.54, 1.807) is 41.7 Å². The van der Waals surface area contributed by atoms with Crippen LogP contribution in [0, 0.1) is 11.6 Å². The molecular formula is C25H22F2N6O. The minimum atomic E-state index is -0.784. The summed E-state index contributed by atoms with van der Waals surface area (Å²) in [7, 11) is 0. The van der Waals surface area contributed by atoms with Gasteiger partial charge < -0.3 is 4.90 Å². The summed E-state index contributed by atoms with van der Waals surface area (Å²) in [6.07, 6.45) is 6.33. The number of rotatable bonds is 3. The Kier molecular flexibility index (Phi) is 4.21. The van der Waals surface area contributed by atoms with Crippen molar-refractivity contribution in [2.24, 2.45) is 9.98 Å². The van der Waals surface area contributed by atoms with E-state index in [9.17, 15) is 4.79 Å². The first-order valence-electron chi connectivity index (χ1n) is 11.2. The van der Waals surface area contributed by atoms with E-state index >= 15 is 8.78 Å². The van der Waals surface area contributed by atoms with Gasteiger partial charge in [0, 0.05) is 24.5 Å². The molecule has 34 heavy (non-hydrogen) atoms. The first-order chi connectivity index (χ1) is 16.2. The molecular weight excluding hydrogens is 438 g/mol. The molecule has 9 heteroatoms. The smallest absolute Gasteiger partial charge is 0.274 e. The van der Waals surface area contributed by atoms with Crippen LogP contribution in [0.1, 0.15) is 56.5 Å².